The molecule has 0 aliphatic carbocycles. The van der Waals surface area contributed by atoms with Crippen LogP contribution in [0.1, 0.15) is 46.9 Å². The van der Waals surface area contributed by atoms with Crippen LogP contribution in [0.5, 0.6) is 17.5 Å². The summed E-state index contributed by atoms with van der Waals surface area (Å²) in [5.74, 6) is -1.13. The smallest absolute Gasteiger partial charge is 0.431 e. The quantitative estimate of drug-likeness (QED) is 0.141. The van der Waals surface area contributed by atoms with Gasteiger partial charge in [0.1, 0.15) is 34.5 Å². The van der Waals surface area contributed by atoms with Gasteiger partial charge in [0, 0.05) is 18.7 Å². The molecule has 0 radical (unpaired) electrons. The first-order valence-electron chi connectivity index (χ1n) is 17.6. The summed E-state index contributed by atoms with van der Waals surface area (Å²) in [5, 5.41) is 11.2. The molecule has 1 atom stereocenters. The van der Waals surface area contributed by atoms with Crippen molar-refractivity contribution in [1.82, 2.24) is 28.8 Å². The van der Waals surface area contributed by atoms with E-state index < -0.39 is 67.7 Å². The second-order valence-electron chi connectivity index (χ2n) is 12.5. The molecule has 0 fully saturated rings. The number of aromatic nitrogens is 5. The Labute approximate surface area is 344 Å². The third-order valence-corrected chi connectivity index (χ3v) is 9.63. The Morgan fingerprint density at radius 3 is 2.23 bits per heavy atom. The Kier molecular flexibility index (Phi) is 14.9. The Hall–Kier alpha value is -7.30. The van der Waals surface area contributed by atoms with Crippen molar-refractivity contribution in [2.45, 2.75) is 51.0 Å². The molecule has 23 heteroatoms. The fourth-order valence-corrected chi connectivity index (χ4v) is 6.33. The van der Waals surface area contributed by atoms with Gasteiger partial charge in [-0.15, -0.1) is 0 Å². The van der Waals surface area contributed by atoms with Crippen LogP contribution in [-0.2, 0) is 45.8 Å². The summed E-state index contributed by atoms with van der Waals surface area (Å²) in [5.41, 5.74) is -2.27. The number of anilines is 1. The number of benzene rings is 3. The normalized spacial score (nSPS) is 11.6. The zero-order valence-corrected chi connectivity index (χ0v) is 34.0. The molecule has 2 heterocycles. The Morgan fingerprint density at radius 1 is 0.951 bits per heavy atom. The number of nitrogens with one attached hydrogen (secondary N) is 2. The number of amides is 2. The minimum Gasteiger partial charge on any atom is -0.489 e. The summed E-state index contributed by atoms with van der Waals surface area (Å²) < 4.78 is 87.5. The van der Waals surface area contributed by atoms with E-state index in [1.54, 1.807) is 11.6 Å². The van der Waals surface area contributed by atoms with Crippen LogP contribution < -0.4 is 35.5 Å². The summed E-state index contributed by atoms with van der Waals surface area (Å²) in [6, 6.07) is 15.3. The van der Waals surface area contributed by atoms with Crippen molar-refractivity contribution >= 4 is 33.9 Å². The number of methoxy groups -OCH3 is 2. The SMILES string of the molecule is CCc1ccc(COc2ccc(-n3c(=O)cc(C(F)(F)F)n(C)c3=O)cc2)c(OC(C)C(=O)OC)c1.COc1nc(C)nc(NC(=O)NS(=O)(=O)c2ccccc2C(=O)O)n1. The summed E-state index contributed by atoms with van der Waals surface area (Å²) in [7, 11) is -0.897. The van der Waals surface area contributed by atoms with E-state index in [1.807, 2.05) is 25.1 Å². The summed E-state index contributed by atoms with van der Waals surface area (Å²) in [4.78, 5) is 70.3. The van der Waals surface area contributed by atoms with Gasteiger partial charge < -0.3 is 24.1 Å². The van der Waals surface area contributed by atoms with Crippen molar-refractivity contribution in [3.63, 3.8) is 0 Å². The van der Waals surface area contributed by atoms with Crippen molar-refractivity contribution in [3.05, 3.63) is 122 Å². The molecule has 19 nitrogen and oxygen atoms in total. The lowest BCUT2D eigenvalue weighted by Crippen LogP contribution is -2.40. The van der Waals surface area contributed by atoms with Crippen molar-refractivity contribution < 1.29 is 60.0 Å². The number of carboxylic acids is 1. The van der Waals surface area contributed by atoms with E-state index in [0.29, 0.717) is 32.3 Å². The number of carboxylic acid groups (broad SMARTS) is 1. The van der Waals surface area contributed by atoms with E-state index >= 15 is 0 Å². The van der Waals surface area contributed by atoms with Crippen LogP contribution in [0, 0.1) is 6.92 Å². The molecule has 3 aromatic carbocycles. The zero-order valence-electron chi connectivity index (χ0n) is 33.1. The first kappa shape index (κ1) is 46.4. The highest BCUT2D eigenvalue weighted by Crippen LogP contribution is 2.28. The van der Waals surface area contributed by atoms with Crippen molar-refractivity contribution in [2.75, 3.05) is 19.5 Å². The standard InChI is InChI=1S/C25H25F3N2O6.C13H13N5O6S/c1-5-16-6-7-17(20(12-16)36-15(2)23(32)34-4)14-35-19-10-8-18(9-11-19)30-22(31)13-21(25(26,27)28)29(3)24(30)33;1-7-14-11(17-13(15-7)24-2)16-12(21)18-25(22,23)9-6-4-3-5-8(9)10(19)20/h6-13,15H,5,14H2,1-4H3;3-6H,1-2H3,(H,19,20)(H2,14,15,16,17,18,21). The van der Waals surface area contributed by atoms with Gasteiger partial charge in [0.25, 0.3) is 15.6 Å². The largest absolute Gasteiger partial charge is 0.489 e. The minimum absolute atomic E-state index is 0.0677. The van der Waals surface area contributed by atoms with Gasteiger partial charge in [-0.3, -0.25) is 14.7 Å². The Bertz CT molecular complexity index is 2650. The number of aromatic carboxylic acids is 1. The molecule has 0 aliphatic heterocycles. The number of halogens is 3. The first-order valence-corrected chi connectivity index (χ1v) is 19.1. The number of rotatable bonds is 13. The molecule has 5 rings (SSSR count). The molecule has 0 spiro atoms. The molecule has 3 N–H and O–H groups in total. The molecule has 0 saturated heterocycles. The van der Waals surface area contributed by atoms with E-state index in [0.717, 1.165) is 31.2 Å². The topological polar surface area (TPSA) is 249 Å². The number of carbonyl (C=O) groups is 3. The van der Waals surface area contributed by atoms with Crippen molar-refractivity contribution in [1.29, 1.82) is 0 Å². The summed E-state index contributed by atoms with van der Waals surface area (Å²) in [6.07, 6.45) is -4.91. The van der Waals surface area contributed by atoms with Crippen LogP contribution in [0.4, 0.5) is 23.9 Å². The fraction of sp³-hybridized carbons (Fsp3) is 0.263. The summed E-state index contributed by atoms with van der Waals surface area (Å²) in [6.45, 7) is 5.15. The highest BCUT2D eigenvalue weighted by Gasteiger charge is 2.35. The van der Waals surface area contributed by atoms with E-state index in [-0.39, 0.29) is 30.1 Å². The van der Waals surface area contributed by atoms with Gasteiger partial charge in [0.05, 0.1) is 25.5 Å². The fourth-order valence-electron chi connectivity index (χ4n) is 5.23. The number of alkyl halides is 3. The monoisotopic (exact) mass is 873 g/mol. The van der Waals surface area contributed by atoms with Gasteiger partial charge >= 0.3 is 35.8 Å². The van der Waals surface area contributed by atoms with Crippen LogP contribution in [0.15, 0.2) is 87.3 Å². The van der Waals surface area contributed by atoms with Crippen LogP contribution in [0.2, 0.25) is 0 Å². The van der Waals surface area contributed by atoms with E-state index in [4.69, 9.17) is 24.1 Å². The predicted molar refractivity (Wildman–Crippen MR) is 208 cm³/mol. The molecule has 0 saturated carbocycles. The molecule has 324 valence electrons. The van der Waals surface area contributed by atoms with Crippen molar-refractivity contribution in [2.24, 2.45) is 7.05 Å². The molecule has 61 heavy (non-hydrogen) atoms. The number of hydrogen-bond donors (Lipinski definition) is 3. The number of esters is 1. The van der Waals surface area contributed by atoms with Gasteiger partial charge in [0.2, 0.25) is 5.95 Å². The average Bonchev–Trinajstić information content (AvgIpc) is 3.21. The number of carbonyl (C=O) groups excluding carboxylic acids is 2. The molecular formula is C38H38F3N7O12S. The molecule has 2 amide bonds. The number of sulfonamides is 1. The van der Waals surface area contributed by atoms with E-state index in [2.05, 4.69) is 20.3 Å². The second-order valence-corrected chi connectivity index (χ2v) is 14.1. The molecule has 1 unspecified atom stereocenters. The predicted octanol–water partition coefficient (Wildman–Crippen LogP) is 4.03. The molecular weight excluding hydrogens is 836 g/mol. The maximum absolute atomic E-state index is 13.1. The molecule has 2 aromatic heterocycles. The molecule has 5 aromatic rings. The van der Waals surface area contributed by atoms with Crippen LogP contribution in [0.3, 0.4) is 0 Å². The number of urea groups is 1. The summed E-state index contributed by atoms with van der Waals surface area (Å²) >= 11 is 0. The van der Waals surface area contributed by atoms with E-state index in [9.17, 15) is 45.6 Å². The number of aryl methyl sites for hydroxylation is 2. The minimum atomic E-state index is -4.84. The molecule has 0 bridgehead atoms. The van der Waals surface area contributed by atoms with E-state index in [1.165, 1.54) is 57.5 Å². The molecule has 0 aliphatic rings. The third kappa shape index (κ3) is 11.9. The number of ether oxygens (including phenoxy) is 4. The maximum atomic E-state index is 13.1. The van der Waals surface area contributed by atoms with Gasteiger partial charge in [-0.2, -0.15) is 28.1 Å². The van der Waals surface area contributed by atoms with Gasteiger partial charge in [0.15, 0.2) is 6.10 Å². The lowest BCUT2D eigenvalue weighted by molar-refractivity contribution is -0.148. The Morgan fingerprint density at radius 2 is 1.62 bits per heavy atom. The second kappa shape index (κ2) is 19.6. The van der Waals surface area contributed by atoms with Gasteiger partial charge in [-0.1, -0.05) is 31.2 Å². The lowest BCUT2D eigenvalue weighted by Gasteiger charge is -2.17. The van der Waals surface area contributed by atoms with Crippen LogP contribution >= 0.6 is 0 Å². The highest BCUT2D eigenvalue weighted by atomic mass is 32.2. The van der Waals surface area contributed by atoms with Gasteiger partial charge in [-0.25, -0.2) is 36.9 Å². The van der Waals surface area contributed by atoms with Crippen molar-refractivity contribution in [3.8, 4) is 23.2 Å². The third-order valence-electron chi connectivity index (χ3n) is 8.25. The lowest BCUT2D eigenvalue weighted by atomic mass is 10.1. The van der Waals surface area contributed by atoms with Gasteiger partial charge in [-0.05, 0) is 68.3 Å². The average molecular weight is 874 g/mol. The Balaban J connectivity index is 0.000000287. The first-order chi connectivity index (χ1) is 28.7. The number of hydrogen-bond acceptors (Lipinski definition) is 14. The maximum Gasteiger partial charge on any atom is 0.431 e. The highest BCUT2D eigenvalue weighted by molar-refractivity contribution is 7.90. The number of nitrogens with zero attached hydrogens (tertiary/aromatic N) is 5. The van der Waals surface area contributed by atoms with Crippen LogP contribution in [0.25, 0.3) is 5.69 Å². The zero-order chi connectivity index (χ0) is 45.2. The van der Waals surface area contributed by atoms with Crippen LogP contribution in [-0.4, -0.2) is 75.9 Å².